The van der Waals surface area contributed by atoms with Crippen LogP contribution in [0.15, 0.2) is 48.2 Å². The minimum Gasteiger partial charge on any atom is -0.489 e. The molecule has 3 amide bonds. The summed E-state index contributed by atoms with van der Waals surface area (Å²) in [4.78, 5) is 24.3. The molecule has 0 unspecified atom stereocenters. The first-order valence-corrected chi connectivity index (χ1v) is 8.17. The number of hydrogen-bond donors (Lipinski definition) is 1. The van der Waals surface area contributed by atoms with Crippen molar-refractivity contribution >= 4 is 41.2 Å². The summed E-state index contributed by atoms with van der Waals surface area (Å²) < 4.78 is 5.70. The van der Waals surface area contributed by atoms with Gasteiger partial charge in [0.05, 0.1) is 10.0 Å². The van der Waals surface area contributed by atoms with Gasteiger partial charge in [-0.25, -0.2) is 4.79 Å². The number of urea groups is 1. The zero-order valence-electron chi connectivity index (χ0n) is 13.3. The molecule has 0 spiro atoms. The average molecular weight is 377 g/mol. The zero-order chi connectivity index (χ0) is 18.0. The van der Waals surface area contributed by atoms with E-state index in [1.165, 1.54) is 7.05 Å². The highest BCUT2D eigenvalue weighted by Gasteiger charge is 2.29. The van der Waals surface area contributed by atoms with Crippen molar-refractivity contribution in [2.75, 3.05) is 7.05 Å². The Balaban J connectivity index is 1.65. The van der Waals surface area contributed by atoms with Crippen molar-refractivity contribution in [3.8, 4) is 5.75 Å². The van der Waals surface area contributed by atoms with E-state index in [0.717, 1.165) is 16.0 Å². The molecule has 1 aliphatic heterocycles. The molecule has 1 N–H and O–H groups in total. The van der Waals surface area contributed by atoms with Gasteiger partial charge in [-0.3, -0.25) is 9.69 Å². The van der Waals surface area contributed by atoms with Crippen LogP contribution in [-0.2, 0) is 11.4 Å². The third-order valence-electron chi connectivity index (χ3n) is 3.66. The molecule has 3 rings (SSSR count). The fraction of sp³-hybridized carbons (Fsp3) is 0.111. The summed E-state index contributed by atoms with van der Waals surface area (Å²) in [6.07, 6.45) is 1.62. The molecule has 5 nitrogen and oxygen atoms in total. The SMILES string of the molecule is CN1C(=O)N/C(=C/c2ccc(OCc3ccc(Cl)c(Cl)c3)cc2)C1=O. The fourth-order valence-electron chi connectivity index (χ4n) is 2.25. The maximum atomic E-state index is 11.8. The number of benzene rings is 2. The second-order valence-electron chi connectivity index (χ2n) is 5.46. The van der Waals surface area contributed by atoms with Gasteiger partial charge in [0.25, 0.3) is 5.91 Å². The Morgan fingerprint density at radius 1 is 1.08 bits per heavy atom. The van der Waals surface area contributed by atoms with Crippen LogP contribution in [0, 0.1) is 0 Å². The first kappa shape index (κ1) is 17.3. The van der Waals surface area contributed by atoms with Gasteiger partial charge < -0.3 is 10.1 Å². The number of nitrogens with one attached hydrogen (secondary N) is 1. The van der Waals surface area contributed by atoms with Gasteiger partial charge in [0.15, 0.2) is 0 Å². The standard InChI is InChI=1S/C18H14Cl2N2O3/c1-22-17(23)16(21-18(22)24)9-11-2-5-13(6-3-11)25-10-12-4-7-14(19)15(20)8-12/h2-9H,10H2,1H3,(H,21,24)/b16-9+. The number of imide groups is 1. The summed E-state index contributed by atoms with van der Waals surface area (Å²) in [6, 6.07) is 12.1. The topological polar surface area (TPSA) is 58.6 Å². The van der Waals surface area contributed by atoms with Crippen molar-refractivity contribution < 1.29 is 14.3 Å². The van der Waals surface area contributed by atoms with Crippen molar-refractivity contribution in [2.45, 2.75) is 6.61 Å². The summed E-state index contributed by atoms with van der Waals surface area (Å²) in [5.74, 6) is 0.317. The van der Waals surface area contributed by atoms with Gasteiger partial charge in [0.1, 0.15) is 18.1 Å². The molecule has 0 aromatic heterocycles. The lowest BCUT2D eigenvalue weighted by molar-refractivity contribution is -0.121. The molecule has 0 aliphatic carbocycles. The molecule has 2 aromatic carbocycles. The number of likely N-dealkylation sites (N-methyl/N-ethyl adjacent to an activating group) is 1. The number of hydrogen-bond acceptors (Lipinski definition) is 3. The van der Waals surface area contributed by atoms with Gasteiger partial charge in [0, 0.05) is 7.05 Å². The van der Waals surface area contributed by atoms with Crippen molar-refractivity contribution in [3.05, 3.63) is 69.3 Å². The van der Waals surface area contributed by atoms with Crippen LogP contribution in [0.3, 0.4) is 0 Å². The van der Waals surface area contributed by atoms with Crippen LogP contribution in [0.5, 0.6) is 5.75 Å². The first-order chi connectivity index (χ1) is 11.9. The second-order valence-corrected chi connectivity index (χ2v) is 6.27. The fourth-order valence-corrected chi connectivity index (χ4v) is 2.57. The molecule has 25 heavy (non-hydrogen) atoms. The predicted octanol–water partition coefficient (Wildman–Crippen LogP) is 4.09. The summed E-state index contributed by atoms with van der Waals surface area (Å²) in [7, 11) is 1.43. The highest BCUT2D eigenvalue weighted by molar-refractivity contribution is 6.42. The molecule has 1 fully saturated rings. The van der Waals surface area contributed by atoms with Crippen LogP contribution < -0.4 is 10.1 Å². The minimum absolute atomic E-state index is 0.247. The molecule has 0 radical (unpaired) electrons. The molecule has 1 heterocycles. The number of halogens is 2. The largest absolute Gasteiger partial charge is 0.489 e. The summed E-state index contributed by atoms with van der Waals surface area (Å²) in [5.41, 5.74) is 1.93. The quantitative estimate of drug-likeness (QED) is 0.645. The molecule has 1 saturated heterocycles. The lowest BCUT2D eigenvalue weighted by atomic mass is 10.2. The summed E-state index contributed by atoms with van der Waals surface area (Å²) in [6.45, 7) is 0.358. The molecular formula is C18H14Cl2N2O3. The van der Waals surface area contributed by atoms with Crippen LogP contribution in [-0.4, -0.2) is 23.9 Å². The van der Waals surface area contributed by atoms with Crippen LogP contribution in [0.1, 0.15) is 11.1 Å². The lowest BCUT2D eigenvalue weighted by Gasteiger charge is -2.07. The third-order valence-corrected chi connectivity index (χ3v) is 4.40. The van der Waals surface area contributed by atoms with Gasteiger partial charge in [0.2, 0.25) is 0 Å². The number of amides is 3. The molecule has 7 heteroatoms. The van der Waals surface area contributed by atoms with Crippen molar-refractivity contribution in [2.24, 2.45) is 0 Å². The Bertz CT molecular complexity index is 863. The van der Waals surface area contributed by atoms with Gasteiger partial charge in [-0.2, -0.15) is 0 Å². The molecular weight excluding hydrogens is 363 g/mol. The van der Waals surface area contributed by atoms with E-state index in [4.69, 9.17) is 27.9 Å². The molecule has 2 aromatic rings. The Morgan fingerprint density at radius 3 is 2.40 bits per heavy atom. The number of nitrogens with zero attached hydrogens (tertiary/aromatic N) is 1. The van der Waals surface area contributed by atoms with Gasteiger partial charge in [-0.1, -0.05) is 41.4 Å². The smallest absolute Gasteiger partial charge is 0.328 e. The zero-order valence-corrected chi connectivity index (χ0v) is 14.8. The van der Waals surface area contributed by atoms with Gasteiger partial charge in [-0.15, -0.1) is 0 Å². The van der Waals surface area contributed by atoms with Crippen LogP contribution in [0.2, 0.25) is 10.0 Å². The Kier molecular flexibility index (Phi) is 4.97. The Labute approximate surface area is 154 Å². The van der Waals surface area contributed by atoms with Gasteiger partial charge >= 0.3 is 6.03 Å². The molecule has 0 atom stereocenters. The average Bonchev–Trinajstić information content (AvgIpc) is 2.84. The van der Waals surface area contributed by atoms with Crippen molar-refractivity contribution in [3.63, 3.8) is 0 Å². The van der Waals surface area contributed by atoms with Crippen LogP contribution in [0.4, 0.5) is 4.79 Å². The maximum Gasteiger partial charge on any atom is 0.328 e. The van der Waals surface area contributed by atoms with Gasteiger partial charge in [-0.05, 0) is 41.5 Å². The van der Waals surface area contributed by atoms with E-state index in [9.17, 15) is 9.59 Å². The maximum absolute atomic E-state index is 11.8. The molecule has 0 saturated carbocycles. The molecule has 1 aliphatic rings. The van der Waals surface area contributed by atoms with E-state index < -0.39 is 6.03 Å². The van der Waals surface area contributed by atoms with E-state index in [2.05, 4.69) is 5.32 Å². The van der Waals surface area contributed by atoms with E-state index in [-0.39, 0.29) is 11.6 Å². The number of carbonyl (C=O) groups is 2. The third kappa shape index (κ3) is 3.95. The molecule has 0 bridgehead atoms. The van der Waals surface area contributed by atoms with E-state index >= 15 is 0 Å². The summed E-state index contributed by atoms with van der Waals surface area (Å²) >= 11 is 11.9. The molecule has 128 valence electrons. The predicted molar refractivity (Wildman–Crippen MR) is 96.5 cm³/mol. The Morgan fingerprint density at radius 2 is 1.80 bits per heavy atom. The van der Waals surface area contributed by atoms with E-state index in [1.54, 1.807) is 42.5 Å². The van der Waals surface area contributed by atoms with Crippen molar-refractivity contribution in [1.82, 2.24) is 10.2 Å². The number of rotatable bonds is 4. The lowest BCUT2D eigenvalue weighted by Crippen LogP contribution is -2.25. The number of ether oxygens (including phenoxy) is 1. The Hall–Kier alpha value is -2.50. The minimum atomic E-state index is -0.433. The normalized spacial score (nSPS) is 15.6. The van der Waals surface area contributed by atoms with Crippen molar-refractivity contribution in [1.29, 1.82) is 0 Å². The second kappa shape index (κ2) is 7.17. The summed E-state index contributed by atoms with van der Waals surface area (Å²) in [5, 5.41) is 3.50. The monoisotopic (exact) mass is 376 g/mol. The van der Waals surface area contributed by atoms with E-state index in [0.29, 0.717) is 22.4 Å². The van der Waals surface area contributed by atoms with Crippen LogP contribution in [0.25, 0.3) is 6.08 Å². The first-order valence-electron chi connectivity index (χ1n) is 7.41. The highest BCUT2D eigenvalue weighted by Crippen LogP contribution is 2.23. The number of carbonyl (C=O) groups excluding carboxylic acids is 2. The van der Waals surface area contributed by atoms with Crippen LogP contribution >= 0.6 is 23.2 Å². The highest BCUT2D eigenvalue weighted by atomic mass is 35.5. The van der Waals surface area contributed by atoms with E-state index in [1.807, 2.05) is 6.07 Å².